The molecule has 3 aromatic rings. The summed E-state index contributed by atoms with van der Waals surface area (Å²) < 4.78 is 29.8. The van der Waals surface area contributed by atoms with E-state index in [1.54, 1.807) is 18.3 Å². The van der Waals surface area contributed by atoms with Crippen LogP contribution in [0.3, 0.4) is 0 Å². The maximum absolute atomic E-state index is 12.1. The van der Waals surface area contributed by atoms with Gasteiger partial charge in [-0.05, 0) is 88.7 Å². The van der Waals surface area contributed by atoms with E-state index in [9.17, 15) is 4.39 Å². The third-order valence-corrected chi connectivity index (χ3v) is 7.29. The van der Waals surface area contributed by atoms with Gasteiger partial charge in [0.1, 0.15) is 11.6 Å². The van der Waals surface area contributed by atoms with Crippen LogP contribution in [0.15, 0.2) is 55.0 Å². The van der Waals surface area contributed by atoms with Gasteiger partial charge in [-0.25, -0.2) is 15.0 Å². The molecule has 6 rings (SSSR count). The fourth-order valence-corrected chi connectivity index (χ4v) is 4.68. The minimum absolute atomic E-state index is 0. The molecule has 0 aliphatic carbocycles. The van der Waals surface area contributed by atoms with Gasteiger partial charge in [0, 0.05) is 82.9 Å². The molecule has 3 saturated heterocycles. The van der Waals surface area contributed by atoms with Gasteiger partial charge in [0.25, 0.3) is 6.47 Å². The molecule has 2 N–H and O–H groups in total. The fraction of sp³-hybridized carbons (Fsp3) is 0.448. The molecular formula is C29H39FI2K2N6O6. The first-order valence-electron chi connectivity index (χ1n) is 14.0. The van der Waals surface area contributed by atoms with Crippen molar-refractivity contribution in [1.82, 2.24) is 15.0 Å². The van der Waals surface area contributed by atoms with Crippen LogP contribution in [0.25, 0.3) is 0 Å². The molecule has 46 heavy (non-hydrogen) atoms. The van der Waals surface area contributed by atoms with Crippen LogP contribution in [0.5, 0.6) is 0 Å². The summed E-state index contributed by atoms with van der Waals surface area (Å²) in [4.78, 5) is 27.6. The number of anilines is 3. The number of nitrogens with two attached hydrogens (primary N) is 1. The molecule has 0 amide bonds. The van der Waals surface area contributed by atoms with Gasteiger partial charge in [-0.2, -0.15) is 4.39 Å². The topological polar surface area (TPSA) is 148 Å². The largest absolute Gasteiger partial charge is 1.00 e. The summed E-state index contributed by atoms with van der Waals surface area (Å²) in [6, 6.07) is 10.9. The SMILES string of the molecule is C1CCOCC1.Fc1cc(I)ccn1.Ic1ccnc(N2CCOCC2)c1.Nc1ccnc(N2CCOCC2)c1.O=CO[O-].[H-].[K+].[K+]. The molecule has 0 atom stereocenters. The number of hydrogen-bond acceptors (Lipinski definition) is 12. The van der Waals surface area contributed by atoms with E-state index in [1.807, 2.05) is 40.9 Å². The van der Waals surface area contributed by atoms with E-state index in [-0.39, 0.29) is 111 Å². The summed E-state index contributed by atoms with van der Waals surface area (Å²) >= 11 is 4.33. The van der Waals surface area contributed by atoms with Crippen molar-refractivity contribution in [3.63, 3.8) is 0 Å². The Morgan fingerprint density at radius 2 is 1.20 bits per heavy atom. The van der Waals surface area contributed by atoms with E-state index in [0.717, 1.165) is 86.7 Å². The molecule has 0 bridgehead atoms. The number of hydrogen-bond donors (Lipinski definition) is 1. The van der Waals surface area contributed by atoms with Crippen molar-refractivity contribution in [2.45, 2.75) is 19.3 Å². The van der Waals surface area contributed by atoms with E-state index in [2.05, 4.69) is 58.3 Å². The number of carbonyl (C=O) groups is 1. The summed E-state index contributed by atoms with van der Waals surface area (Å²) in [5, 5.41) is 8.43. The quantitative estimate of drug-likeness (QED) is 0.0746. The first kappa shape index (κ1) is 46.8. The van der Waals surface area contributed by atoms with Gasteiger partial charge in [-0.15, -0.1) is 0 Å². The molecule has 0 spiro atoms. The Balaban J connectivity index is 0. The van der Waals surface area contributed by atoms with Crippen molar-refractivity contribution >= 4 is 69.0 Å². The number of aromatic nitrogens is 3. The number of halogens is 3. The zero-order valence-electron chi connectivity index (χ0n) is 27.4. The number of ether oxygens (including phenoxy) is 3. The molecule has 3 aromatic heterocycles. The maximum atomic E-state index is 12.1. The number of rotatable bonds is 3. The molecule has 0 unspecified atom stereocenters. The van der Waals surface area contributed by atoms with E-state index in [0.29, 0.717) is 0 Å². The Hall–Kier alpha value is 0.823. The molecule has 0 saturated carbocycles. The predicted octanol–water partition coefficient (Wildman–Crippen LogP) is -2.41. The second kappa shape index (κ2) is 30.6. The number of pyridine rings is 3. The van der Waals surface area contributed by atoms with E-state index in [4.69, 9.17) is 30.0 Å². The molecule has 3 aliphatic rings. The normalized spacial score (nSPS) is 15.0. The molecule has 0 aromatic carbocycles. The van der Waals surface area contributed by atoms with Crippen LogP contribution in [-0.2, 0) is 23.9 Å². The van der Waals surface area contributed by atoms with Crippen molar-refractivity contribution < 1.29 is 138 Å². The first-order valence-corrected chi connectivity index (χ1v) is 16.1. The summed E-state index contributed by atoms with van der Waals surface area (Å²) in [7, 11) is 0. The number of carbonyl (C=O) groups excluding carboxylic acids is 1. The Kier molecular flexibility index (Phi) is 31.2. The van der Waals surface area contributed by atoms with Gasteiger partial charge >= 0.3 is 103 Å². The van der Waals surface area contributed by atoms with E-state index < -0.39 is 5.95 Å². The van der Waals surface area contributed by atoms with Gasteiger partial charge in [-0.1, -0.05) is 0 Å². The van der Waals surface area contributed by atoms with E-state index in [1.165, 1.54) is 35.1 Å². The first-order chi connectivity index (χ1) is 21.4. The second-order valence-electron chi connectivity index (χ2n) is 9.14. The van der Waals surface area contributed by atoms with Gasteiger partial charge in [0.05, 0.1) is 26.4 Å². The van der Waals surface area contributed by atoms with Crippen molar-refractivity contribution in [3.05, 3.63) is 68.1 Å². The number of morpholine rings is 2. The summed E-state index contributed by atoms with van der Waals surface area (Å²) in [6.45, 7) is 8.69. The molecule has 3 fully saturated rings. The molecule has 12 nitrogen and oxygen atoms in total. The molecule has 0 radical (unpaired) electrons. The zero-order chi connectivity index (χ0) is 31.8. The summed E-state index contributed by atoms with van der Waals surface area (Å²) in [5.74, 6) is 1.59. The molecule has 6 heterocycles. The Morgan fingerprint density at radius 3 is 1.54 bits per heavy atom. The van der Waals surface area contributed by atoms with Crippen LogP contribution < -0.4 is 124 Å². The van der Waals surface area contributed by atoms with Crippen LogP contribution in [0.4, 0.5) is 21.7 Å². The average Bonchev–Trinajstić information content (AvgIpc) is 3.07. The van der Waals surface area contributed by atoms with Gasteiger partial charge in [0.15, 0.2) is 0 Å². The monoisotopic (exact) mass is 918 g/mol. The Labute approximate surface area is 384 Å². The maximum Gasteiger partial charge on any atom is 1.00 e. The number of nitrogen functional groups attached to an aromatic ring is 1. The minimum Gasteiger partial charge on any atom is -1.00 e. The fourth-order valence-electron chi connectivity index (χ4n) is 3.82. The van der Waals surface area contributed by atoms with Gasteiger partial charge in [-0.3, -0.25) is 4.79 Å². The van der Waals surface area contributed by atoms with Crippen LogP contribution in [0.1, 0.15) is 20.7 Å². The molecule has 3 aliphatic heterocycles. The van der Waals surface area contributed by atoms with Gasteiger partial charge in [0.2, 0.25) is 5.95 Å². The van der Waals surface area contributed by atoms with Crippen molar-refractivity contribution in [1.29, 1.82) is 0 Å². The van der Waals surface area contributed by atoms with Crippen LogP contribution in [0.2, 0.25) is 0 Å². The standard InChI is InChI=1S/C9H11IN2O.C9H13N3O.C5H3FIN.C5H10O.CH2O3.2K.H/c2*10-8-1-2-11-9(7-8)12-3-5-13-6-4-12;6-5-3-4(7)1-2-8-5;1-2-4-6-5-3-1;2-1-4-3;;;/h1-2,7H,3-6H2;1-2,7H,3-6H2,(H2,10,11);1-3H;1-5H2;1,3H;;;/q;;;;;2*+1;-1/p-1. The third kappa shape index (κ3) is 22.5. The second-order valence-corrected chi connectivity index (χ2v) is 11.6. The average molecular weight is 919 g/mol. The minimum atomic E-state index is -0.420. The van der Waals surface area contributed by atoms with Crippen LogP contribution in [0, 0.1) is 13.1 Å². The Morgan fingerprint density at radius 1 is 0.761 bits per heavy atom. The van der Waals surface area contributed by atoms with Crippen molar-refractivity contribution in [3.8, 4) is 0 Å². The molecule has 17 heteroatoms. The van der Waals surface area contributed by atoms with Crippen LogP contribution in [-0.4, -0.2) is 87.2 Å². The third-order valence-electron chi connectivity index (χ3n) is 5.95. The van der Waals surface area contributed by atoms with E-state index >= 15 is 0 Å². The molecule has 244 valence electrons. The van der Waals surface area contributed by atoms with Crippen molar-refractivity contribution in [2.24, 2.45) is 0 Å². The molecular weight excluding hydrogens is 879 g/mol. The van der Waals surface area contributed by atoms with Gasteiger partial charge < -0.3 is 41.3 Å². The zero-order valence-corrected chi connectivity index (χ0v) is 36.9. The summed E-state index contributed by atoms with van der Waals surface area (Å²) in [5.41, 5.74) is 6.43. The summed E-state index contributed by atoms with van der Waals surface area (Å²) in [6.07, 6.45) is 8.96. The predicted molar refractivity (Wildman–Crippen MR) is 182 cm³/mol. The number of nitrogens with zero attached hydrogens (tertiary/aromatic N) is 5. The van der Waals surface area contributed by atoms with Crippen LogP contribution >= 0.6 is 45.2 Å². The Bertz CT molecular complexity index is 1120. The smallest absolute Gasteiger partial charge is 1.00 e. The van der Waals surface area contributed by atoms with Crippen molar-refractivity contribution in [2.75, 3.05) is 81.4 Å².